The van der Waals surface area contributed by atoms with E-state index in [-0.39, 0.29) is 5.41 Å². The largest absolute Gasteiger partial charge is 0.393 e. The third kappa shape index (κ3) is 5.39. The van der Waals surface area contributed by atoms with Crippen LogP contribution in [0.15, 0.2) is 0 Å². The van der Waals surface area contributed by atoms with Crippen LogP contribution in [0.4, 0.5) is 0 Å². The predicted molar refractivity (Wildman–Crippen MR) is 88.4 cm³/mol. The fourth-order valence-corrected chi connectivity index (χ4v) is 2.99. The molecule has 1 saturated heterocycles. The Bertz CT molecular complexity index is 296. The summed E-state index contributed by atoms with van der Waals surface area (Å²) < 4.78 is 0. The zero-order chi connectivity index (χ0) is 14.7. The van der Waals surface area contributed by atoms with Gasteiger partial charge >= 0.3 is 0 Å². The zero-order valence-corrected chi connectivity index (χ0v) is 14.3. The van der Waals surface area contributed by atoms with Crippen LogP contribution in [-0.2, 0) is 0 Å². The number of hydrogen-bond donors (Lipinski definition) is 1. The van der Waals surface area contributed by atoms with Crippen LogP contribution in [0.2, 0.25) is 0 Å². The second-order valence-corrected chi connectivity index (χ2v) is 8.27. The van der Waals surface area contributed by atoms with E-state index >= 15 is 0 Å². The Kier molecular flexibility index (Phi) is 5.81. The molecule has 0 unspecified atom stereocenters. The second-order valence-electron chi connectivity index (χ2n) is 7.83. The van der Waals surface area contributed by atoms with Crippen molar-refractivity contribution in [2.24, 2.45) is 22.5 Å². The second kappa shape index (κ2) is 6.53. The van der Waals surface area contributed by atoms with E-state index in [0.29, 0.717) is 10.4 Å². The molecule has 0 aromatic rings. The Morgan fingerprint density at radius 3 is 2.11 bits per heavy atom. The molecule has 0 bridgehead atoms. The van der Waals surface area contributed by atoms with E-state index in [1.54, 1.807) is 0 Å². The maximum absolute atomic E-state index is 5.77. The van der Waals surface area contributed by atoms with Gasteiger partial charge in [0.1, 0.15) is 0 Å². The van der Waals surface area contributed by atoms with Crippen LogP contribution >= 0.6 is 12.2 Å². The molecule has 0 atom stereocenters. The van der Waals surface area contributed by atoms with Gasteiger partial charge in [0, 0.05) is 5.41 Å². The molecule has 0 amide bonds. The van der Waals surface area contributed by atoms with E-state index in [4.69, 9.17) is 18.0 Å². The molecule has 2 nitrogen and oxygen atoms in total. The number of nitrogens with two attached hydrogens (primary N) is 1. The molecule has 0 spiro atoms. The maximum atomic E-state index is 5.77. The van der Waals surface area contributed by atoms with Crippen molar-refractivity contribution >= 4 is 17.2 Å². The number of rotatable bonds is 5. The molecule has 112 valence electrons. The van der Waals surface area contributed by atoms with Crippen LogP contribution in [-0.4, -0.2) is 29.5 Å². The molecular formula is C16H32N2S. The average Bonchev–Trinajstić information content (AvgIpc) is 2.28. The summed E-state index contributed by atoms with van der Waals surface area (Å²) in [6, 6.07) is 0. The summed E-state index contributed by atoms with van der Waals surface area (Å²) >= 11 is 5.12. The van der Waals surface area contributed by atoms with Gasteiger partial charge in [-0.3, -0.25) is 0 Å². The lowest BCUT2D eigenvalue weighted by Crippen LogP contribution is -2.39. The monoisotopic (exact) mass is 284 g/mol. The summed E-state index contributed by atoms with van der Waals surface area (Å²) in [5, 5.41) is 0. The maximum Gasteiger partial charge on any atom is 0.0784 e. The minimum atomic E-state index is 0.0130. The van der Waals surface area contributed by atoms with Crippen molar-refractivity contribution in [1.29, 1.82) is 0 Å². The fraction of sp³-hybridized carbons (Fsp3) is 0.938. The van der Waals surface area contributed by atoms with Gasteiger partial charge < -0.3 is 10.6 Å². The molecule has 0 aromatic carbocycles. The first-order valence-electron chi connectivity index (χ1n) is 7.65. The smallest absolute Gasteiger partial charge is 0.0784 e. The molecule has 19 heavy (non-hydrogen) atoms. The van der Waals surface area contributed by atoms with Gasteiger partial charge in [-0.15, -0.1) is 0 Å². The zero-order valence-electron chi connectivity index (χ0n) is 13.5. The third-order valence-corrected chi connectivity index (χ3v) is 5.31. The summed E-state index contributed by atoms with van der Waals surface area (Å²) in [6.07, 6.45) is 5.00. The first-order valence-corrected chi connectivity index (χ1v) is 8.06. The lowest BCUT2D eigenvalue weighted by atomic mass is 9.75. The standard InChI is InChI=1S/C16H32N2S/c1-15(2,3)13-7-11-18(12-8-13)10-6-9-16(4,5)14(17)19/h13H,6-12H2,1-5H3,(H2,17,19). The van der Waals surface area contributed by atoms with Crippen LogP contribution in [0.1, 0.15) is 60.3 Å². The van der Waals surface area contributed by atoms with Gasteiger partial charge in [0.2, 0.25) is 0 Å². The normalized spacial score (nSPS) is 19.6. The molecule has 3 heteroatoms. The first kappa shape index (κ1) is 16.9. The highest BCUT2D eigenvalue weighted by Crippen LogP contribution is 2.34. The van der Waals surface area contributed by atoms with Crippen molar-refractivity contribution in [2.75, 3.05) is 19.6 Å². The topological polar surface area (TPSA) is 29.3 Å². The van der Waals surface area contributed by atoms with Gasteiger partial charge in [-0.25, -0.2) is 0 Å². The van der Waals surface area contributed by atoms with Gasteiger partial charge in [-0.2, -0.15) is 0 Å². The first-order chi connectivity index (χ1) is 8.63. The number of likely N-dealkylation sites (tertiary alicyclic amines) is 1. The molecule has 1 fully saturated rings. The molecule has 1 aliphatic rings. The van der Waals surface area contributed by atoms with Crippen molar-refractivity contribution in [1.82, 2.24) is 4.90 Å². The predicted octanol–water partition coefficient (Wildman–Crippen LogP) is 3.84. The van der Waals surface area contributed by atoms with Crippen LogP contribution in [0.25, 0.3) is 0 Å². The van der Waals surface area contributed by atoms with Crippen molar-refractivity contribution in [3.8, 4) is 0 Å². The highest BCUT2D eigenvalue weighted by molar-refractivity contribution is 7.80. The Labute approximate surface area is 125 Å². The molecule has 1 heterocycles. The van der Waals surface area contributed by atoms with Crippen molar-refractivity contribution < 1.29 is 0 Å². The summed E-state index contributed by atoms with van der Waals surface area (Å²) in [7, 11) is 0. The Hall–Kier alpha value is -0.150. The molecule has 1 rings (SSSR count). The SMILES string of the molecule is CC(C)(CCCN1CCC(C(C)(C)C)CC1)C(N)=S. The van der Waals surface area contributed by atoms with Gasteiger partial charge in [-0.1, -0.05) is 46.8 Å². The van der Waals surface area contributed by atoms with Crippen LogP contribution in [0.5, 0.6) is 0 Å². The van der Waals surface area contributed by atoms with Crippen LogP contribution in [0, 0.1) is 16.7 Å². The summed E-state index contributed by atoms with van der Waals surface area (Å²) in [5.41, 5.74) is 6.26. The molecule has 0 saturated carbocycles. The third-order valence-electron chi connectivity index (χ3n) is 4.76. The van der Waals surface area contributed by atoms with Crippen LogP contribution in [0.3, 0.4) is 0 Å². The number of piperidine rings is 1. The molecular weight excluding hydrogens is 252 g/mol. The molecule has 0 aromatic heterocycles. The lowest BCUT2D eigenvalue weighted by Gasteiger charge is -2.39. The molecule has 2 N–H and O–H groups in total. The summed E-state index contributed by atoms with van der Waals surface area (Å²) in [5.74, 6) is 0.886. The van der Waals surface area contributed by atoms with E-state index in [1.165, 1.54) is 38.9 Å². The Morgan fingerprint density at radius 1 is 1.16 bits per heavy atom. The van der Waals surface area contributed by atoms with Gasteiger partial charge in [0.15, 0.2) is 0 Å². The average molecular weight is 285 g/mol. The van der Waals surface area contributed by atoms with Gasteiger partial charge in [0.25, 0.3) is 0 Å². The Morgan fingerprint density at radius 2 is 1.68 bits per heavy atom. The van der Waals surface area contributed by atoms with Crippen molar-refractivity contribution in [2.45, 2.75) is 60.3 Å². The highest BCUT2D eigenvalue weighted by Gasteiger charge is 2.28. The Balaban J connectivity index is 2.26. The minimum absolute atomic E-state index is 0.0130. The van der Waals surface area contributed by atoms with E-state index in [2.05, 4.69) is 39.5 Å². The number of nitrogens with zero attached hydrogens (tertiary/aromatic N) is 1. The molecule has 0 aliphatic carbocycles. The van der Waals surface area contributed by atoms with Crippen molar-refractivity contribution in [3.05, 3.63) is 0 Å². The molecule has 1 aliphatic heterocycles. The summed E-state index contributed by atoms with van der Waals surface area (Å²) in [4.78, 5) is 3.26. The van der Waals surface area contributed by atoms with E-state index in [9.17, 15) is 0 Å². The van der Waals surface area contributed by atoms with E-state index in [1.807, 2.05) is 0 Å². The highest BCUT2D eigenvalue weighted by atomic mass is 32.1. The van der Waals surface area contributed by atoms with Gasteiger partial charge in [0.05, 0.1) is 4.99 Å². The number of thiocarbonyl (C=S) groups is 1. The van der Waals surface area contributed by atoms with Crippen LogP contribution < -0.4 is 5.73 Å². The van der Waals surface area contributed by atoms with E-state index in [0.717, 1.165) is 12.3 Å². The van der Waals surface area contributed by atoms with Crippen molar-refractivity contribution in [3.63, 3.8) is 0 Å². The van der Waals surface area contributed by atoms with E-state index < -0.39 is 0 Å². The fourth-order valence-electron chi connectivity index (χ4n) is 2.89. The number of hydrogen-bond acceptors (Lipinski definition) is 2. The summed E-state index contributed by atoms with van der Waals surface area (Å²) in [6.45, 7) is 15.1. The molecule has 0 radical (unpaired) electrons. The van der Waals surface area contributed by atoms with Gasteiger partial charge in [-0.05, 0) is 56.7 Å². The quantitative estimate of drug-likeness (QED) is 0.778. The lowest BCUT2D eigenvalue weighted by molar-refractivity contribution is 0.110. The minimum Gasteiger partial charge on any atom is -0.393 e.